The van der Waals surface area contributed by atoms with Gasteiger partial charge in [-0.2, -0.15) is 17.0 Å². The quantitative estimate of drug-likeness (QED) is 0.532. The molecule has 0 bridgehead atoms. The van der Waals surface area contributed by atoms with Crippen LogP contribution in [0.3, 0.4) is 0 Å². The van der Waals surface area contributed by atoms with Crippen LogP contribution in [0.25, 0.3) is 0 Å². The second-order valence-electron chi connectivity index (χ2n) is 5.41. The molecule has 1 N–H and O–H groups in total. The van der Waals surface area contributed by atoms with E-state index in [1.165, 1.54) is 8.61 Å². The molecule has 0 heterocycles. The van der Waals surface area contributed by atoms with Crippen molar-refractivity contribution in [1.29, 1.82) is 0 Å². The summed E-state index contributed by atoms with van der Waals surface area (Å²) in [6, 6.07) is 0. The van der Waals surface area contributed by atoms with Crippen LogP contribution in [0.1, 0.15) is 26.2 Å². The molecule has 7 heteroatoms. The van der Waals surface area contributed by atoms with Gasteiger partial charge in [-0.25, -0.2) is 0 Å². The summed E-state index contributed by atoms with van der Waals surface area (Å²) in [5, 5.41) is 3.28. The molecule has 20 heavy (non-hydrogen) atoms. The van der Waals surface area contributed by atoms with Crippen molar-refractivity contribution in [1.82, 2.24) is 18.8 Å². The molecule has 0 aromatic rings. The zero-order valence-electron chi connectivity index (χ0n) is 13.7. The molecular weight excluding hydrogens is 276 g/mol. The van der Waals surface area contributed by atoms with E-state index in [0.717, 1.165) is 38.9 Å². The Morgan fingerprint density at radius 1 is 0.850 bits per heavy atom. The minimum Gasteiger partial charge on any atom is -0.317 e. The molecule has 0 rings (SSSR count). The Bertz CT molecular complexity index is 333. The molecule has 6 nitrogen and oxygen atoms in total. The van der Waals surface area contributed by atoms with E-state index in [4.69, 9.17) is 0 Å². The van der Waals surface area contributed by atoms with Gasteiger partial charge in [0.05, 0.1) is 0 Å². The van der Waals surface area contributed by atoms with Gasteiger partial charge in [0.15, 0.2) is 0 Å². The van der Waals surface area contributed by atoms with Gasteiger partial charge in [-0.15, -0.1) is 0 Å². The second kappa shape index (κ2) is 10.5. The maximum absolute atomic E-state index is 12.2. The number of nitrogens with zero attached hydrogens (tertiary/aromatic N) is 3. The van der Waals surface area contributed by atoms with Gasteiger partial charge in [0.25, 0.3) is 10.2 Å². The molecule has 0 aromatic heterocycles. The average Bonchev–Trinajstić information content (AvgIpc) is 2.37. The van der Waals surface area contributed by atoms with E-state index in [1.807, 2.05) is 14.1 Å². The van der Waals surface area contributed by atoms with Gasteiger partial charge in [-0.1, -0.05) is 6.92 Å². The Balaban J connectivity index is 4.05. The minimum atomic E-state index is -3.31. The SMILES string of the molecule is CCCNCCCN(C)S(=O)(=O)N(C)CCCN(C)C. The first-order chi connectivity index (χ1) is 9.32. The number of hydrogen-bond donors (Lipinski definition) is 1. The molecule has 0 unspecified atom stereocenters. The lowest BCUT2D eigenvalue weighted by atomic mass is 10.4. The Morgan fingerprint density at radius 2 is 1.40 bits per heavy atom. The van der Waals surface area contributed by atoms with Gasteiger partial charge in [0.1, 0.15) is 0 Å². The fourth-order valence-electron chi connectivity index (χ4n) is 1.81. The summed E-state index contributed by atoms with van der Waals surface area (Å²) in [6.07, 6.45) is 2.78. The van der Waals surface area contributed by atoms with Crippen LogP contribution in [-0.2, 0) is 10.2 Å². The summed E-state index contributed by atoms with van der Waals surface area (Å²) in [6.45, 7) is 5.96. The van der Waals surface area contributed by atoms with Crippen LogP contribution in [0.5, 0.6) is 0 Å². The van der Waals surface area contributed by atoms with Crippen molar-refractivity contribution in [2.24, 2.45) is 0 Å². The molecular formula is C13H32N4O2S. The first-order valence-corrected chi connectivity index (χ1v) is 8.75. The van der Waals surface area contributed by atoms with Crippen LogP contribution in [0, 0.1) is 0 Å². The Labute approximate surface area is 125 Å². The van der Waals surface area contributed by atoms with Gasteiger partial charge in [0.2, 0.25) is 0 Å². The summed E-state index contributed by atoms with van der Waals surface area (Å²) in [4.78, 5) is 2.06. The van der Waals surface area contributed by atoms with E-state index >= 15 is 0 Å². The molecule has 0 saturated heterocycles. The van der Waals surface area contributed by atoms with Crippen LogP contribution in [0.4, 0.5) is 0 Å². The Kier molecular flexibility index (Phi) is 10.4. The topological polar surface area (TPSA) is 55.9 Å². The molecule has 0 spiro atoms. The lowest BCUT2D eigenvalue weighted by Crippen LogP contribution is -2.41. The molecule has 122 valence electrons. The molecule has 0 aliphatic rings. The van der Waals surface area contributed by atoms with E-state index in [0.29, 0.717) is 13.1 Å². The third-order valence-corrected chi connectivity index (χ3v) is 5.06. The Hall–Kier alpha value is -0.210. The predicted octanol–water partition coefficient (Wildman–Crippen LogP) is 0.436. The van der Waals surface area contributed by atoms with Crippen molar-refractivity contribution >= 4 is 10.2 Å². The minimum absolute atomic E-state index is 0.553. The maximum Gasteiger partial charge on any atom is 0.281 e. The van der Waals surface area contributed by atoms with Crippen molar-refractivity contribution in [2.75, 3.05) is 60.9 Å². The second-order valence-corrected chi connectivity index (χ2v) is 7.55. The molecule has 0 aliphatic heterocycles. The van der Waals surface area contributed by atoms with Crippen molar-refractivity contribution in [2.45, 2.75) is 26.2 Å². The third-order valence-electron chi connectivity index (χ3n) is 3.12. The van der Waals surface area contributed by atoms with Crippen LogP contribution >= 0.6 is 0 Å². The zero-order chi connectivity index (χ0) is 15.6. The number of hydrogen-bond acceptors (Lipinski definition) is 4. The van der Waals surface area contributed by atoms with Gasteiger partial charge in [0, 0.05) is 27.2 Å². The van der Waals surface area contributed by atoms with E-state index in [2.05, 4.69) is 17.1 Å². The largest absolute Gasteiger partial charge is 0.317 e. The van der Waals surface area contributed by atoms with E-state index in [1.54, 1.807) is 14.1 Å². The summed E-state index contributed by atoms with van der Waals surface area (Å²) in [5.74, 6) is 0. The van der Waals surface area contributed by atoms with Crippen molar-refractivity contribution < 1.29 is 8.42 Å². The molecule has 0 aliphatic carbocycles. The van der Waals surface area contributed by atoms with Crippen LogP contribution < -0.4 is 5.32 Å². The number of nitrogens with one attached hydrogen (secondary N) is 1. The monoisotopic (exact) mass is 308 g/mol. The van der Waals surface area contributed by atoms with Gasteiger partial charge < -0.3 is 10.2 Å². The maximum atomic E-state index is 12.2. The fourth-order valence-corrected chi connectivity index (χ4v) is 3.00. The smallest absolute Gasteiger partial charge is 0.281 e. The highest BCUT2D eigenvalue weighted by Crippen LogP contribution is 2.05. The standard InChI is InChI=1S/C13H32N4O2S/c1-6-9-14-10-7-12-16(4)20(18,19)17(5)13-8-11-15(2)3/h14H,6-13H2,1-5H3. The fraction of sp³-hybridized carbons (Fsp3) is 1.00. The molecule has 0 radical (unpaired) electrons. The summed E-state index contributed by atoms with van der Waals surface area (Å²) < 4.78 is 27.4. The highest BCUT2D eigenvalue weighted by Gasteiger charge is 2.22. The van der Waals surface area contributed by atoms with Crippen molar-refractivity contribution in [3.05, 3.63) is 0 Å². The molecule has 0 aromatic carbocycles. The zero-order valence-corrected chi connectivity index (χ0v) is 14.5. The molecule has 0 atom stereocenters. The molecule has 0 fully saturated rings. The highest BCUT2D eigenvalue weighted by atomic mass is 32.2. The molecule has 0 amide bonds. The lowest BCUT2D eigenvalue weighted by molar-refractivity contribution is 0.350. The van der Waals surface area contributed by atoms with Gasteiger partial charge in [-0.05, 0) is 53.0 Å². The lowest BCUT2D eigenvalue weighted by Gasteiger charge is -2.24. The predicted molar refractivity (Wildman–Crippen MR) is 85.1 cm³/mol. The summed E-state index contributed by atoms with van der Waals surface area (Å²) in [7, 11) is 3.97. The average molecular weight is 308 g/mol. The number of rotatable bonds is 12. The Morgan fingerprint density at radius 3 is 1.90 bits per heavy atom. The van der Waals surface area contributed by atoms with Crippen LogP contribution in [0.2, 0.25) is 0 Å². The van der Waals surface area contributed by atoms with Crippen LogP contribution in [-0.4, -0.2) is 82.8 Å². The van der Waals surface area contributed by atoms with Crippen molar-refractivity contribution in [3.63, 3.8) is 0 Å². The normalized spacial score (nSPS) is 12.8. The van der Waals surface area contributed by atoms with E-state index < -0.39 is 10.2 Å². The van der Waals surface area contributed by atoms with Gasteiger partial charge >= 0.3 is 0 Å². The molecule has 0 saturated carbocycles. The third kappa shape index (κ3) is 8.16. The van der Waals surface area contributed by atoms with Crippen LogP contribution in [0.15, 0.2) is 0 Å². The van der Waals surface area contributed by atoms with Crippen molar-refractivity contribution in [3.8, 4) is 0 Å². The first kappa shape index (κ1) is 19.8. The first-order valence-electron chi connectivity index (χ1n) is 7.35. The summed E-state index contributed by atoms with van der Waals surface area (Å²) >= 11 is 0. The summed E-state index contributed by atoms with van der Waals surface area (Å²) in [5.41, 5.74) is 0. The van der Waals surface area contributed by atoms with E-state index in [-0.39, 0.29) is 0 Å². The highest BCUT2D eigenvalue weighted by molar-refractivity contribution is 7.86. The van der Waals surface area contributed by atoms with Gasteiger partial charge in [-0.3, -0.25) is 0 Å². The van der Waals surface area contributed by atoms with E-state index in [9.17, 15) is 8.42 Å².